The summed E-state index contributed by atoms with van der Waals surface area (Å²) in [6.07, 6.45) is 0. The van der Waals surface area contributed by atoms with E-state index in [2.05, 4.69) is 35.2 Å². The number of sulfonamides is 1. The van der Waals surface area contributed by atoms with E-state index in [1.807, 2.05) is 0 Å². The molecule has 53 heavy (non-hydrogen) atoms. The van der Waals surface area contributed by atoms with Crippen LogP contribution < -0.4 is 21.5 Å². The molecule has 25 heteroatoms. The summed E-state index contributed by atoms with van der Waals surface area (Å²) >= 11 is 3.43. The lowest BCUT2D eigenvalue weighted by Gasteiger charge is -2.49. The maximum atomic E-state index is 13.4. The number of fused-ring (bicyclic) bond motifs is 2. The highest BCUT2D eigenvalue weighted by molar-refractivity contribution is 8.01. The van der Waals surface area contributed by atoms with Crippen LogP contribution in [0.4, 0.5) is 5.13 Å². The molecule has 3 amide bonds. The molecule has 1 saturated heterocycles. The Morgan fingerprint density at radius 1 is 1.17 bits per heavy atom. The number of rotatable bonds is 14. The molecule has 0 saturated carbocycles. The Morgan fingerprint density at radius 2 is 1.94 bits per heavy atom. The van der Waals surface area contributed by atoms with Gasteiger partial charge in [-0.05, 0) is 30.7 Å². The van der Waals surface area contributed by atoms with E-state index in [1.54, 1.807) is 13.0 Å². The average molecular weight is 806 g/mol. The van der Waals surface area contributed by atoms with Gasteiger partial charge in [0.15, 0.2) is 22.3 Å². The van der Waals surface area contributed by atoms with Gasteiger partial charge in [0.25, 0.3) is 23.5 Å². The number of phenols is 2. The molecule has 2 aliphatic rings. The van der Waals surface area contributed by atoms with Gasteiger partial charge in [0.1, 0.15) is 34.4 Å². The van der Waals surface area contributed by atoms with Gasteiger partial charge >= 0.3 is 5.97 Å². The molecule has 1 fully saturated rings. The van der Waals surface area contributed by atoms with Crippen molar-refractivity contribution >= 4 is 85.2 Å². The highest BCUT2D eigenvalue weighted by Gasteiger charge is 2.54. The van der Waals surface area contributed by atoms with Gasteiger partial charge in [-0.25, -0.2) is 27.9 Å². The largest absolute Gasteiger partial charge is 0.504 e. The topological polar surface area (TPSA) is 320 Å². The van der Waals surface area contributed by atoms with Crippen LogP contribution in [0.1, 0.15) is 22.0 Å². The van der Waals surface area contributed by atoms with Crippen molar-refractivity contribution in [1.29, 1.82) is 0 Å². The molecule has 0 bridgehead atoms. The van der Waals surface area contributed by atoms with Gasteiger partial charge in [0, 0.05) is 35.2 Å². The van der Waals surface area contributed by atoms with E-state index < -0.39 is 56.6 Å². The van der Waals surface area contributed by atoms with Crippen molar-refractivity contribution in [2.45, 2.75) is 28.3 Å². The third-order valence-corrected chi connectivity index (χ3v) is 12.0. The van der Waals surface area contributed by atoms with Crippen molar-refractivity contribution in [3.63, 3.8) is 0 Å². The van der Waals surface area contributed by atoms with E-state index in [4.69, 9.17) is 16.3 Å². The maximum absolute atomic E-state index is 13.4. The smallest absolute Gasteiger partial charge is 0.352 e. The monoisotopic (exact) mass is 805 g/mol. The molecule has 2 aliphatic heterocycles. The average Bonchev–Trinajstić information content (AvgIpc) is 3.74. The van der Waals surface area contributed by atoms with E-state index >= 15 is 0 Å². The highest BCUT2D eigenvalue weighted by Crippen LogP contribution is 2.41. The summed E-state index contributed by atoms with van der Waals surface area (Å²) < 4.78 is 28.6. The van der Waals surface area contributed by atoms with Gasteiger partial charge in [-0.1, -0.05) is 5.16 Å². The number of hydrogen-bond acceptors (Lipinski definition) is 18. The van der Waals surface area contributed by atoms with Crippen molar-refractivity contribution in [1.82, 2.24) is 39.5 Å². The van der Waals surface area contributed by atoms with Crippen LogP contribution in [-0.2, 0) is 29.2 Å². The number of aromatic nitrogens is 5. The Hall–Kier alpha value is -5.50. The summed E-state index contributed by atoms with van der Waals surface area (Å²) in [4.78, 5) is 69.2. The minimum absolute atomic E-state index is 0.00583. The third-order valence-electron chi connectivity index (χ3n) is 7.44. The van der Waals surface area contributed by atoms with Gasteiger partial charge < -0.3 is 36.9 Å². The Bertz CT molecular complexity index is 2340. The van der Waals surface area contributed by atoms with E-state index in [1.165, 1.54) is 33.4 Å². The van der Waals surface area contributed by atoms with E-state index in [0.29, 0.717) is 16.3 Å². The van der Waals surface area contributed by atoms with E-state index in [0.717, 1.165) is 34.4 Å². The normalized spacial score (nSPS) is 17.4. The minimum atomic E-state index is -4.11. The van der Waals surface area contributed by atoms with E-state index in [9.17, 15) is 42.9 Å². The number of nitrogen functional groups attached to an aromatic ring is 1. The number of aryl methyl sites for hydroxylation is 1. The number of carbonyl (C=O) groups is 4. The van der Waals surface area contributed by atoms with Crippen molar-refractivity contribution < 1.29 is 47.8 Å². The first-order valence-corrected chi connectivity index (χ1v) is 19.3. The number of nitrogens with two attached hydrogens (primary N) is 2. The molecule has 5 heterocycles. The number of nitrogens with zero attached hydrogens (tertiary/aromatic N) is 7. The number of carbonyl (C=O) groups excluding carboxylic acids is 3. The molecule has 0 spiro atoms. The molecule has 3 aromatic heterocycles. The Morgan fingerprint density at radius 3 is 2.62 bits per heavy atom. The lowest BCUT2D eigenvalue weighted by atomic mass is 10.0. The zero-order chi connectivity index (χ0) is 38.2. The molecule has 9 N–H and O–H groups in total. The molecule has 2 atom stereocenters. The number of benzene rings is 1. The van der Waals surface area contributed by atoms with Gasteiger partial charge in [0.05, 0.1) is 4.90 Å². The van der Waals surface area contributed by atoms with Crippen LogP contribution in [0.5, 0.6) is 11.5 Å². The van der Waals surface area contributed by atoms with Crippen LogP contribution in [0.25, 0.3) is 5.78 Å². The molecular formula is C28H27N11O10S4. The van der Waals surface area contributed by atoms with Crippen LogP contribution >= 0.6 is 34.9 Å². The minimum Gasteiger partial charge on any atom is -0.504 e. The number of hydrogen-bond donors (Lipinski definition) is 7. The molecule has 0 radical (unpaired) electrons. The van der Waals surface area contributed by atoms with Crippen LogP contribution in [0.15, 0.2) is 56.0 Å². The molecule has 0 unspecified atom stereocenters. The fraction of sp³-hybridized carbons (Fsp3) is 0.250. The summed E-state index contributed by atoms with van der Waals surface area (Å²) in [5.41, 5.74) is 11.4. The van der Waals surface area contributed by atoms with Crippen molar-refractivity contribution in [2.24, 2.45) is 10.9 Å². The first-order chi connectivity index (χ1) is 25.1. The number of aromatic hydroxyl groups is 2. The molecule has 1 aromatic carbocycles. The van der Waals surface area contributed by atoms with Crippen LogP contribution in [-0.4, -0.2) is 119 Å². The zero-order valence-corrected chi connectivity index (χ0v) is 30.3. The van der Waals surface area contributed by atoms with Gasteiger partial charge in [0.2, 0.25) is 15.8 Å². The van der Waals surface area contributed by atoms with E-state index in [-0.39, 0.29) is 63.4 Å². The number of amides is 3. The maximum Gasteiger partial charge on any atom is 0.352 e. The second kappa shape index (κ2) is 14.9. The Labute approximate surface area is 310 Å². The second-order valence-corrected chi connectivity index (χ2v) is 15.8. The Kier molecular flexibility index (Phi) is 10.4. The summed E-state index contributed by atoms with van der Waals surface area (Å²) in [5, 5.41) is 40.9. The van der Waals surface area contributed by atoms with Crippen LogP contribution in [0, 0.1) is 6.92 Å². The second-order valence-electron chi connectivity index (χ2n) is 11.0. The SMILES string of the molecule is Cc1cc(SCC2=C(C(=O)O)N3C(=O)[C@@H](NC(=O)C(=NOCCNS(=O)(=O)c4ccc(O)c(O)c4)c4csc(N)n4)[C@H]3SC2)n2nc(C(N)=O)nc2n1. The number of carboxylic acid groups (broad SMARTS) is 1. The first-order valence-electron chi connectivity index (χ1n) is 15.0. The fourth-order valence-electron chi connectivity index (χ4n) is 5.01. The number of primary amides is 1. The lowest BCUT2D eigenvalue weighted by molar-refractivity contribution is -0.150. The number of β-lactam (4-membered cyclic amide) rings is 1. The number of anilines is 1. The molecule has 278 valence electrons. The first kappa shape index (κ1) is 37.3. The summed E-state index contributed by atoms with van der Waals surface area (Å²) in [5.74, 6) is -4.68. The Balaban J connectivity index is 1.12. The summed E-state index contributed by atoms with van der Waals surface area (Å²) in [6, 6.07) is 3.48. The standard InChI is InChI=1S/C28H27N11O10S4/c1-11-6-17(39-28(32-11)35-22(36-39)21(29)42)50-8-12-9-51-25-19(24(44)38(25)20(12)26(45)46)34-23(43)18(14-10-52-27(30)33-14)37-49-5-4-31-53(47,48)13-2-3-15(40)16(41)7-13/h2-3,6-7,10,19,25,31,40-41H,4-5,8-9H2,1H3,(H2,29,42)(H2,30,33)(H,34,43)(H,45,46)/t19-,25-/m1/s1. The molecule has 21 nitrogen and oxygen atoms in total. The van der Waals surface area contributed by atoms with Crippen molar-refractivity contribution in [2.75, 3.05) is 30.4 Å². The number of oxime groups is 1. The van der Waals surface area contributed by atoms with Gasteiger partial charge in [-0.3, -0.25) is 19.3 Å². The molecule has 0 aliphatic carbocycles. The third kappa shape index (κ3) is 7.68. The summed E-state index contributed by atoms with van der Waals surface area (Å²) in [7, 11) is -4.11. The fourth-order valence-corrected chi connectivity index (χ4v) is 9.13. The quantitative estimate of drug-likeness (QED) is 0.0156. The lowest BCUT2D eigenvalue weighted by Crippen LogP contribution is -2.71. The van der Waals surface area contributed by atoms with Gasteiger partial charge in [-0.15, -0.1) is 40.0 Å². The summed E-state index contributed by atoms with van der Waals surface area (Å²) in [6.45, 7) is 1.03. The number of phenolic OH excluding ortho intramolecular Hbond substituents is 2. The number of aliphatic carboxylic acids is 1. The number of carboxylic acids is 1. The number of nitrogens with one attached hydrogen (secondary N) is 2. The molecule has 6 rings (SSSR count). The van der Waals surface area contributed by atoms with Crippen molar-refractivity contribution in [3.8, 4) is 11.5 Å². The zero-order valence-electron chi connectivity index (χ0n) is 27.0. The predicted octanol–water partition coefficient (Wildman–Crippen LogP) is -0.788. The van der Waals surface area contributed by atoms with Crippen LogP contribution in [0.3, 0.4) is 0 Å². The van der Waals surface area contributed by atoms with Gasteiger partial charge in [-0.2, -0.15) is 9.50 Å². The molecular weight excluding hydrogens is 779 g/mol. The number of thiazole rings is 1. The number of thioether (sulfide) groups is 2. The predicted molar refractivity (Wildman–Crippen MR) is 188 cm³/mol. The highest BCUT2D eigenvalue weighted by atomic mass is 32.2. The van der Waals surface area contributed by atoms with Crippen LogP contribution in [0.2, 0.25) is 0 Å². The molecule has 4 aromatic rings. The van der Waals surface area contributed by atoms with Crippen molar-refractivity contribution in [3.05, 3.63) is 58.1 Å².